The van der Waals surface area contributed by atoms with E-state index in [-0.39, 0.29) is 5.97 Å². The van der Waals surface area contributed by atoms with Crippen molar-refractivity contribution in [1.82, 2.24) is 10.3 Å². The Bertz CT molecular complexity index is 375. The number of rotatable bonds is 4. The van der Waals surface area contributed by atoms with E-state index in [4.69, 9.17) is 0 Å². The lowest BCUT2D eigenvalue weighted by molar-refractivity contribution is -0.140. The minimum Gasteiger partial charge on any atom is -0.469 e. The molecule has 2 rings (SSSR count). The largest absolute Gasteiger partial charge is 0.469 e. The summed E-state index contributed by atoms with van der Waals surface area (Å²) in [5.74, 6) is -0.179. The van der Waals surface area contributed by atoms with Crippen molar-refractivity contribution in [3.05, 3.63) is 11.1 Å². The van der Waals surface area contributed by atoms with E-state index in [9.17, 15) is 4.79 Å². The Morgan fingerprint density at radius 1 is 1.59 bits per heavy atom. The second-order valence-electron chi connectivity index (χ2n) is 3.93. The summed E-state index contributed by atoms with van der Waals surface area (Å²) < 4.78 is 4.61. The molecule has 5 nitrogen and oxygen atoms in total. The number of esters is 1. The van der Waals surface area contributed by atoms with Crippen LogP contribution in [-0.4, -0.2) is 44.2 Å². The van der Waals surface area contributed by atoms with Gasteiger partial charge in [0.1, 0.15) is 0 Å². The zero-order chi connectivity index (χ0) is 12.1. The van der Waals surface area contributed by atoms with Crippen molar-refractivity contribution in [2.75, 3.05) is 38.2 Å². The van der Waals surface area contributed by atoms with Gasteiger partial charge in [-0.25, -0.2) is 4.98 Å². The van der Waals surface area contributed by atoms with E-state index in [1.807, 2.05) is 5.38 Å². The van der Waals surface area contributed by atoms with Crippen molar-refractivity contribution in [3.8, 4) is 0 Å². The molecule has 6 heteroatoms. The molecule has 0 radical (unpaired) electrons. The van der Waals surface area contributed by atoms with Crippen LogP contribution in [0.15, 0.2) is 5.38 Å². The molecule has 1 aromatic heterocycles. The van der Waals surface area contributed by atoms with Gasteiger partial charge < -0.3 is 15.0 Å². The van der Waals surface area contributed by atoms with Crippen LogP contribution in [0.25, 0.3) is 0 Å². The SMILES string of the molecule is COC(=O)CCc1csc(N2CCNCC2)n1. The van der Waals surface area contributed by atoms with Crippen LogP contribution in [0.5, 0.6) is 0 Å². The molecule has 17 heavy (non-hydrogen) atoms. The van der Waals surface area contributed by atoms with Gasteiger partial charge in [-0.1, -0.05) is 0 Å². The molecule has 0 bridgehead atoms. The number of carbonyl (C=O) groups excluding carboxylic acids is 1. The van der Waals surface area contributed by atoms with E-state index in [1.165, 1.54) is 7.11 Å². The van der Waals surface area contributed by atoms with Crippen LogP contribution in [0, 0.1) is 0 Å². The van der Waals surface area contributed by atoms with Gasteiger partial charge in [-0.15, -0.1) is 11.3 Å². The lowest BCUT2D eigenvalue weighted by atomic mass is 10.2. The first-order valence-electron chi connectivity index (χ1n) is 5.76. The third-order valence-corrected chi connectivity index (χ3v) is 3.69. The average molecular weight is 255 g/mol. The normalized spacial score (nSPS) is 15.9. The first-order chi connectivity index (χ1) is 8.29. The second-order valence-corrected chi connectivity index (χ2v) is 4.77. The van der Waals surface area contributed by atoms with Crippen molar-refractivity contribution >= 4 is 22.4 Å². The van der Waals surface area contributed by atoms with Crippen LogP contribution in [0.1, 0.15) is 12.1 Å². The average Bonchev–Trinajstić information content (AvgIpc) is 2.86. The Labute approximate surface area is 105 Å². The van der Waals surface area contributed by atoms with Gasteiger partial charge in [0.25, 0.3) is 0 Å². The van der Waals surface area contributed by atoms with E-state index in [2.05, 4.69) is 19.9 Å². The molecular formula is C11H17N3O2S. The topological polar surface area (TPSA) is 54.5 Å². The summed E-state index contributed by atoms with van der Waals surface area (Å²) in [7, 11) is 1.41. The number of ether oxygens (including phenoxy) is 1. The van der Waals surface area contributed by atoms with E-state index >= 15 is 0 Å². The van der Waals surface area contributed by atoms with Crippen LogP contribution in [-0.2, 0) is 16.0 Å². The third-order valence-electron chi connectivity index (χ3n) is 2.74. The van der Waals surface area contributed by atoms with Gasteiger partial charge >= 0.3 is 5.97 Å². The van der Waals surface area contributed by atoms with Crippen molar-refractivity contribution < 1.29 is 9.53 Å². The molecule has 0 unspecified atom stereocenters. The summed E-state index contributed by atoms with van der Waals surface area (Å²) in [6.07, 6.45) is 1.07. The molecule has 1 aliphatic rings. The second kappa shape index (κ2) is 5.97. The molecule has 1 N–H and O–H groups in total. The lowest BCUT2D eigenvalue weighted by Crippen LogP contribution is -2.43. The number of methoxy groups -OCH3 is 1. The number of nitrogens with zero attached hydrogens (tertiary/aromatic N) is 2. The summed E-state index contributed by atoms with van der Waals surface area (Å²) in [5.41, 5.74) is 0.980. The maximum Gasteiger partial charge on any atom is 0.305 e. The first-order valence-corrected chi connectivity index (χ1v) is 6.64. The van der Waals surface area contributed by atoms with Gasteiger partial charge in [0.05, 0.1) is 19.2 Å². The highest BCUT2D eigenvalue weighted by atomic mass is 32.1. The lowest BCUT2D eigenvalue weighted by Gasteiger charge is -2.26. The summed E-state index contributed by atoms with van der Waals surface area (Å²) in [5, 5.41) is 6.40. The summed E-state index contributed by atoms with van der Waals surface area (Å²) in [6, 6.07) is 0. The van der Waals surface area contributed by atoms with Crippen LogP contribution < -0.4 is 10.2 Å². The van der Waals surface area contributed by atoms with Crippen molar-refractivity contribution in [2.45, 2.75) is 12.8 Å². The number of hydrogen-bond donors (Lipinski definition) is 1. The number of carbonyl (C=O) groups is 1. The van der Waals surface area contributed by atoms with Gasteiger partial charge in [0.15, 0.2) is 5.13 Å². The molecule has 0 amide bonds. The maximum atomic E-state index is 11.0. The Morgan fingerprint density at radius 2 is 2.35 bits per heavy atom. The van der Waals surface area contributed by atoms with Gasteiger partial charge in [0, 0.05) is 38.0 Å². The molecule has 0 saturated carbocycles. The fraction of sp³-hybridized carbons (Fsp3) is 0.636. The van der Waals surface area contributed by atoms with Crippen LogP contribution in [0.3, 0.4) is 0 Å². The number of piperazine rings is 1. The predicted octanol–water partition coefficient (Wildman–Crippen LogP) is 0.658. The molecule has 1 aliphatic heterocycles. The highest BCUT2D eigenvalue weighted by Crippen LogP contribution is 2.21. The fourth-order valence-corrected chi connectivity index (χ4v) is 2.66. The minimum atomic E-state index is -0.179. The predicted molar refractivity (Wildman–Crippen MR) is 67.5 cm³/mol. The maximum absolute atomic E-state index is 11.0. The van der Waals surface area contributed by atoms with Gasteiger partial charge in [-0.3, -0.25) is 4.79 Å². The number of anilines is 1. The number of aromatic nitrogens is 1. The van der Waals surface area contributed by atoms with Gasteiger partial charge in [-0.2, -0.15) is 0 Å². The van der Waals surface area contributed by atoms with E-state index in [0.29, 0.717) is 12.8 Å². The quantitative estimate of drug-likeness (QED) is 0.801. The van der Waals surface area contributed by atoms with Crippen LogP contribution >= 0.6 is 11.3 Å². The molecule has 2 heterocycles. The Balaban J connectivity index is 1.88. The first kappa shape index (κ1) is 12.3. The standard InChI is InChI=1S/C11H17N3O2S/c1-16-10(15)3-2-9-8-17-11(13-9)14-6-4-12-5-7-14/h8,12H,2-7H2,1H3. The minimum absolute atomic E-state index is 0.179. The molecule has 94 valence electrons. The number of hydrogen-bond acceptors (Lipinski definition) is 6. The summed E-state index contributed by atoms with van der Waals surface area (Å²) in [4.78, 5) is 17.9. The Hall–Kier alpha value is -1.14. The zero-order valence-corrected chi connectivity index (χ0v) is 10.8. The van der Waals surface area contributed by atoms with Crippen LogP contribution in [0.4, 0.5) is 5.13 Å². The van der Waals surface area contributed by atoms with Crippen molar-refractivity contribution in [3.63, 3.8) is 0 Å². The molecule has 1 saturated heterocycles. The summed E-state index contributed by atoms with van der Waals surface area (Å²) >= 11 is 1.65. The Kier molecular flexibility index (Phi) is 4.33. The molecule has 0 aromatic carbocycles. The highest BCUT2D eigenvalue weighted by molar-refractivity contribution is 7.13. The van der Waals surface area contributed by atoms with Crippen molar-refractivity contribution in [1.29, 1.82) is 0 Å². The molecule has 1 aromatic rings. The number of aryl methyl sites for hydroxylation is 1. The third kappa shape index (κ3) is 3.41. The number of nitrogens with one attached hydrogen (secondary N) is 1. The van der Waals surface area contributed by atoms with Gasteiger partial charge in [0.2, 0.25) is 0 Å². The Morgan fingerprint density at radius 3 is 3.06 bits per heavy atom. The van der Waals surface area contributed by atoms with E-state index in [0.717, 1.165) is 37.0 Å². The highest BCUT2D eigenvalue weighted by Gasteiger charge is 2.14. The number of thiazole rings is 1. The molecule has 1 fully saturated rings. The van der Waals surface area contributed by atoms with E-state index < -0.39 is 0 Å². The smallest absolute Gasteiger partial charge is 0.305 e. The summed E-state index contributed by atoms with van der Waals surface area (Å²) in [6.45, 7) is 4.03. The monoisotopic (exact) mass is 255 g/mol. The molecule has 0 spiro atoms. The molecule has 0 atom stereocenters. The molecular weight excluding hydrogens is 238 g/mol. The van der Waals surface area contributed by atoms with E-state index in [1.54, 1.807) is 11.3 Å². The fourth-order valence-electron chi connectivity index (χ4n) is 1.74. The van der Waals surface area contributed by atoms with Crippen molar-refractivity contribution in [2.24, 2.45) is 0 Å². The zero-order valence-electron chi connectivity index (χ0n) is 9.94. The van der Waals surface area contributed by atoms with Crippen LogP contribution in [0.2, 0.25) is 0 Å². The molecule has 0 aliphatic carbocycles. The van der Waals surface area contributed by atoms with Gasteiger partial charge in [-0.05, 0) is 0 Å².